The molecule has 5 rings (SSSR count). The molecule has 0 saturated carbocycles. The Labute approximate surface area is 196 Å². The van der Waals surface area contributed by atoms with Crippen LogP contribution < -0.4 is 10.5 Å². The number of carbonyl (C=O) groups is 1. The highest BCUT2D eigenvalue weighted by Crippen LogP contribution is 2.37. The number of carbonyl (C=O) groups excluding carboxylic acids is 1. The fraction of sp³-hybridized carbons (Fsp3) is 0.179. The molecule has 0 aliphatic carbocycles. The Morgan fingerprint density at radius 2 is 1.82 bits per heavy atom. The van der Waals surface area contributed by atoms with Crippen molar-refractivity contribution in [3.63, 3.8) is 0 Å². The van der Waals surface area contributed by atoms with Crippen LogP contribution >= 0.6 is 0 Å². The lowest BCUT2D eigenvalue weighted by Gasteiger charge is -2.13. The number of ether oxygens (including phenoxy) is 2. The molecule has 5 aromatic rings. The molecule has 0 unspecified atom stereocenters. The number of hydrogen-bond donors (Lipinski definition) is 1. The fourth-order valence-corrected chi connectivity index (χ4v) is 4.23. The number of nitrogens with two attached hydrogens (primary N) is 1. The summed E-state index contributed by atoms with van der Waals surface area (Å²) in [6, 6.07) is 19.6. The van der Waals surface area contributed by atoms with Gasteiger partial charge in [-0.25, -0.2) is 0 Å². The van der Waals surface area contributed by atoms with Crippen LogP contribution in [0.1, 0.15) is 23.6 Å². The van der Waals surface area contributed by atoms with Crippen LogP contribution in [0.4, 0.5) is 0 Å². The number of para-hydroxylation sites is 2. The van der Waals surface area contributed by atoms with Gasteiger partial charge in [0.25, 0.3) is 0 Å². The van der Waals surface area contributed by atoms with Crippen molar-refractivity contribution < 1.29 is 23.1 Å². The second kappa shape index (κ2) is 9.45. The molecule has 2 N–H and O–H groups in total. The third-order valence-corrected chi connectivity index (χ3v) is 5.81. The molecule has 172 valence electrons. The largest absolute Gasteiger partial charge is 0.489 e. The molecule has 0 amide bonds. The van der Waals surface area contributed by atoms with Crippen LogP contribution in [0.5, 0.6) is 5.75 Å². The summed E-state index contributed by atoms with van der Waals surface area (Å²) in [7, 11) is 0. The van der Waals surface area contributed by atoms with Gasteiger partial charge < -0.3 is 24.0 Å². The van der Waals surface area contributed by atoms with E-state index in [0.717, 1.165) is 49.8 Å². The van der Waals surface area contributed by atoms with Gasteiger partial charge in [-0.3, -0.25) is 4.79 Å². The van der Waals surface area contributed by atoms with Crippen LogP contribution in [0, 0.1) is 0 Å². The Morgan fingerprint density at radius 1 is 0.941 bits per heavy atom. The second-order valence-corrected chi connectivity index (χ2v) is 8.01. The first-order valence-electron chi connectivity index (χ1n) is 11.2. The van der Waals surface area contributed by atoms with E-state index in [1.807, 2.05) is 54.6 Å². The molecule has 0 aliphatic heterocycles. The van der Waals surface area contributed by atoms with Crippen molar-refractivity contribution in [1.82, 2.24) is 0 Å². The van der Waals surface area contributed by atoms with Crippen molar-refractivity contribution in [2.24, 2.45) is 5.73 Å². The maximum Gasteiger partial charge on any atom is 0.310 e. The minimum Gasteiger partial charge on any atom is -0.489 e. The molecule has 3 aromatic carbocycles. The maximum absolute atomic E-state index is 12.0. The van der Waals surface area contributed by atoms with Gasteiger partial charge in [-0.2, -0.15) is 0 Å². The Hall–Kier alpha value is -4.03. The van der Waals surface area contributed by atoms with Crippen molar-refractivity contribution in [3.05, 3.63) is 89.9 Å². The van der Waals surface area contributed by atoms with Gasteiger partial charge in [0.05, 0.1) is 25.6 Å². The molecule has 0 aliphatic rings. The summed E-state index contributed by atoms with van der Waals surface area (Å²) < 4.78 is 23.0. The number of esters is 1. The zero-order chi connectivity index (χ0) is 23.5. The van der Waals surface area contributed by atoms with E-state index in [1.165, 1.54) is 0 Å². The van der Waals surface area contributed by atoms with Crippen molar-refractivity contribution in [2.75, 3.05) is 6.61 Å². The lowest BCUT2D eigenvalue weighted by molar-refractivity contribution is -0.142. The lowest BCUT2D eigenvalue weighted by Crippen LogP contribution is -2.09. The fourth-order valence-electron chi connectivity index (χ4n) is 4.23. The highest BCUT2D eigenvalue weighted by Gasteiger charge is 2.16. The first-order chi connectivity index (χ1) is 16.7. The third kappa shape index (κ3) is 4.16. The monoisotopic (exact) mass is 455 g/mol. The normalized spacial score (nSPS) is 11.2. The Balaban J connectivity index is 1.49. The van der Waals surface area contributed by atoms with Crippen molar-refractivity contribution in [3.8, 4) is 16.9 Å². The van der Waals surface area contributed by atoms with E-state index in [4.69, 9.17) is 24.0 Å². The first kappa shape index (κ1) is 21.8. The summed E-state index contributed by atoms with van der Waals surface area (Å²) in [5.41, 5.74) is 12.0. The smallest absolute Gasteiger partial charge is 0.310 e. The highest BCUT2D eigenvalue weighted by molar-refractivity contribution is 6.02. The molecule has 0 radical (unpaired) electrons. The number of furan rings is 2. The molecule has 34 heavy (non-hydrogen) atoms. The minimum absolute atomic E-state index is 0.167. The van der Waals surface area contributed by atoms with E-state index >= 15 is 0 Å². The van der Waals surface area contributed by atoms with Gasteiger partial charge in [-0.05, 0) is 36.8 Å². The van der Waals surface area contributed by atoms with E-state index in [2.05, 4.69) is 6.07 Å². The third-order valence-electron chi connectivity index (χ3n) is 5.81. The zero-order valence-electron chi connectivity index (χ0n) is 18.9. The quantitative estimate of drug-likeness (QED) is 0.289. The summed E-state index contributed by atoms with van der Waals surface area (Å²) in [6.45, 7) is 2.89. The van der Waals surface area contributed by atoms with Gasteiger partial charge in [-0.15, -0.1) is 0 Å². The summed E-state index contributed by atoms with van der Waals surface area (Å²) in [5.74, 6) is 0.383. The summed E-state index contributed by atoms with van der Waals surface area (Å²) >= 11 is 0. The molecular weight excluding hydrogens is 430 g/mol. The predicted molar refractivity (Wildman–Crippen MR) is 130 cm³/mol. The molecule has 0 fully saturated rings. The average Bonchev–Trinajstić information content (AvgIpc) is 3.50. The van der Waals surface area contributed by atoms with Gasteiger partial charge in [0, 0.05) is 39.6 Å². The van der Waals surface area contributed by atoms with Crippen LogP contribution in [0.2, 0.25) is 0 Å². The van der Waals surface area contributed by atoms with Crippen molar-refractivity contribution in [2.45, 2.75) is 26.5 Å². The van der Waals surface area contributed by atoms with Gasteiger partial charge in [0.15, 0.2) is 0 Å². The summed E-state index contributed by atoms with van der Waals surface area (Å²) in [6.07, 6.45) is 3.56. The van der Waals surface area contributed by atoms with E-state index in [1.54, 1.807) is 19.5 Å². The summed E-state index contributed by atoms with van der Waals surface area (Å²) in [4.78, 5) is 12.0. The molecular formula is C28H25NO5. The molecule has 0 bridgehead atoms. The van der Waals surface area contributed by atoms with Crippen LogP contribution in [0.25, 0.3) is 33.1 Å². The van der Waals surface area contributed by atoms with Crippen molar-refractivity contribution >= 4 is 27.9 Å². The van der Waals surface area contributed by atoms with Gasteiger partial charge in [0.1, 0.15) is 23.5 Å². The molecule has 0 spiro atoms. The van der Waals surface area contributed by atoms with Crippen LogP contribution in [0.3, 0.4) is 0 Å². The first-order valence-corrected chi connectivity index (χ1v) is 11.2. The van der Waals surface area contributed by atoms with Gasteiger partial charge in [-0.1, -0.05) is 36.4 Å². The number of fused-ring (bicyclic) bond motifs is 2. The highest BCUT2D eigenvalue weighted by atomic mass is 16.5. The standard InChI is InChI=1S/C28H25NO5/c1-2-31-26(30)14-19-6-3-4-9-25(19)33-16-18-12-20-10-11-32-27(20)24(13-18)23-8-5-7-22-21(15-29)17-34-28(22)23/h3-13,17H,2,14-16,29H2,1H3. The molecule has 0 saturated heterocycles. The van der Waals surface area contributed by atoms with Gasteiger partial charge >= 0.3 is 5.97 Å². The topological polar surface area (TPSA) is 87.8 Å². The van der Waals surface area contributed by atoms with Crippen LogP contribution in [0.15, 0.2) is 82.0 Å². The molecule has 0 atom stereocenters. The second-order valence-electron chi connectivity index (χ2n) is 8.01. The zero-order valence-corrected chi connectivity index (χ0v) is 18.9. The van der Waals surface area contributed by atoms with Crippen LogP contribution in [-0.2, 0) is 29.1 Å². The molecule has 6 nitrogen and oxygen atoms in total. The maximum atomic E-state index is 12.0. The average molecular weight is 456 g/mol. The van der Waals surface area contributed by atoms with E-state index in [-0.39, 0.29) is 12.4 Å². The van der Waals surface area contributed by atoms with E-state index in [9.17, 15) is 4.79 Å². The Morgan fingerprint density at radius 3 is 2.68 bits per heavy atom. The predicted octanol–water partition coefficient (Wildman–Crippen LogP) is 5.99. The molecule has 2 heterocycles. The van der Waals surface area contributed by atoms with Gasteiger partial charge in [0.2, 0.25) is 0 Å². The Bertz CT molecular complexity index is 1460. The lowest BCUT2D eigenvalue weighted by atomic mass is 9.98. The Kier molecular flexibility index (Phi) is 6.06. The minimum atomic E-state index is -0.274. The SMILES string of the molecule is CCOC(=O)Cc1ccccc1OCc1cc(-c2cccc3c(CN)coc23)c2occc2c1. The summed E-state index contributed by atoms with van der Waals surface area (Å²) in [5, 5.41) is 1.97. The van der Waals surface area contributed by atoms with Crippen LogP contribution in [-0.4, -0.2) is 12.6 Å². The van der Waals surface area contributed by atoms with Crippen molar-refractivity contribution in [1.29, 1.82) is 0 Å². The number of hydrogen-bond acceptors (Lipinski definition) is 6. The van der Waals surface area contributed by atoms with E-state index < -0.39 is 0 Å². The molecule has 2 aromatic heterocycles. The number of rotatable bonds is 8. The van der Waals surface area contributed by atoms with E-state index in [0.29, 0.717) is 25.5 Å². The number of benzene rings is 3. The molecule has 6 heteroatoms.